The van der Waals surface area contributed by atoms with E-state index in [9.17, 15) is 0 Å². The molecule has 1 aromatic rings. The Morgan fingerprint density at radius 3 is 2.33 bits per heavy atom. The van der Waals surface area contributed by atoms with Crippen LogP contribution in [0.3, 0.4) is 0 Å². The zero-order chi connectivity index (χ0) is 14.9. The molecule has 2 heterocycles. The minimum Gasteiger partial charge on any atom is -0.303 e. The number of piperidine rings is 1. The highest BCUT2D eigenvalue weighted by atomic mass is 15.1. The molecule has 3 rings (SSSR count). The Hall–Kier alpha value is -0.960. The summed E-state index contributed by atoms with van der Waals surface area (Å²) in [6, 6.07) is 0. The molecule has 21 heavy (non-hydrogen) atoms. The van der Waals surface area contributed by atoms with E-state index in [2.05, 4.69) is 35.6 Å². The van der Waals surface area contributed by atoms with Crippen molar-refractivity contribution in [3.63, 3.8) is 0 Å². The molecule has 1 aliphatic carbocycles. The third-order valence-corrected chi connectivity index (χ3v) is 5.54. The fourth-order valence-corrected chi connectivity index (χ4v) is 4.00. The van der Waals surface area contributed by atoms with Crippen molar-refractivity contribution in [1.82, 2.24) is 14.9 Å². The lowest BCUT2D eigenvalue weighted by Gasteiger charge is -2.51. The SMILES string of the molecule is CCCN1CCC2(CC1)CC(c1ncc(C(C)C)cn1)C2. The van der Waals surface area contributed by atoms with Crippen LogP contribution in [-0.2, 0) is 0 Å². The summed E-state index contributed by atoms with van der Waals surface area (Å²) in [5.74, 6) is 2.22. The van der Waals surface area contributed by atoms with Gasteiger partial charge in [0.2, 0.25) is 0 Å². The van der Waals surface area contributed by atoms with Crippen LogP contribution in [0.4, 0.5) is 0 Å². The molecule has 0 amide bonds. The van der Waals surface area contributed by atoms with Gasteiger partial charge in [-0.15, -0.1) is 0 Å². The molecule has 0 bridgehead atoms. The molecule has 116 valence electrons. The van der Waals surface area contributed by atoms with Crippen molar-refractivity contribution in [2.75, 3.05) is 19.6 Å². The second kappa shape index (κ2) is 6.04. The molecule has 2 aliphatic rings. The standard InChI is InChI=1S/C18H29N3/c1-4-7-21-8-5-18(6-9-21)10-15(11-18)17-19-12-16(13-20-17)14(2)3/h12-15H,4-11H2,1-3H3. The molecule has 2 fully saturated rings. The molecule has 1 spiro atoms. The first-order valence-electron chi connectivity index (χ1n) is 8.66. The molecule has 0 aromatic carbocycles. The number of nitrogens with zero attached hydrogens (tertiary/aromatic N) is 3. The van der Waals surface area contributed by atoms with Crippen molar-refractivity contribution in [3.8, 4) is 0 Å². The van der Waals surface area contributed by atoms with Crippen LogP contribution < -0.4 is 0 Å². The second-order valence-corrected chi connectivity index (χ2v) is 7.48. The average Bonchev–Trinajstić information content (AvgIpc) is 2.46. The van der Waals surface area contributed by atoms with Gasteiger partial charge in [0.25, 0.3) is 0 Å². The summed E-state index contributed by atoms with van der Waals surface area (Å²) in [5.41, 5.74) is 1.87. The fourth-order valence-electron chi connectivity index (χ4n) is 4.00. The van der Waals surface area contributed by atoms with Crippen molar-refractivity contribution in [3.05, 3.63) is 23.8 Å². The van der Waals surface area contributed by atoms with Crippen molar-refractivity contribution in [2.45, 2.75) is 64.7 Å². The van der Waals surface area contributed by atoms with Crippen LogP contribution in [0.5, 0.6) is 0 Å². The van der Waals surface area contributed by atoms with Gasteiger partial charge in [0, 0.05) is 18.3 Å². The van der Waals surface area contributed by atoms with Crippen molar-refractivity contribution in [2.24, 2.45) is 5.41 Å². The molecule has 3 nitrogen and oxygen atoms in total. The van der Waals surface area contributed by atoms with E-state index in [-0.39, 0.29) is 0 Å². The molecule has 0 unspecified atom stereocenters. The van der Waals surface area contributed by atoms with E-state index in [1.165, 1.54) is 57.3 Å². The Balaban J connectivity index is 1.53. The van der Waals surface area contributed by atoms with Gasteiger partial charge in [0.05, 0.1) is 0 Å². The zero-order valence-corrected chi connectivity index (χ0v) is 13.8. The number of likely N-dealkylation sites (tertiary alicyclic amines) is 1. The van der Waals surface area contributed by atoms with E-state index in [1.54, 1.807) is 0 Å². The van der Waals surface area contributed by atoms with Crippen LogP contribution >= 0.6 is 0 Å². The summed E-state index contributed by atoms with van der Waals surface area (Å²) in [5, 5.41) is 0. The van der Waals surface area contributed by atoms with Crippen LogP contribution in [0.2, 0.25) is 0 Å². The van der Waals surface area contributed by atoms with Crippen LogP contribution in [0.25, 0.3) is 0 Å². The Labute approximate surface area is 129 Å². The third kappa shape index (κ3) is 3.13. The molecule has 1 aromatic heterocycles. The minimum atomic E-state index is 0.523. The largest absolute Gasteiger partial charge is 0.303 e. The lowest BCUT2D eigenvalue weighted by atomic mass is 9.57. The van der Waals surface area contributed by atoms with E-state index in [0.717, 1.165) is 5.82 Å². The van der Waals surface area contributed by atoms with Crippen LogP contribution in [0.1, 0.15) is 76.1 Å². The van der Waals surface area contributed by atoms with Gasteiger partial charge >= 0.3 is 0 Å². The molecular weight excluding hydrogens is 258 g/mol. The monoisotopic (exact) mass is 287 g/mol. The van der Waals surface area contributed by atoms with Crippen LogP contribution in [0, 0.1) is 5.41 Å². The third-order valence-electron chi connectivity index (χ3n) is 5.54. The predicted octanol–water partition coefficient (Wildman–Crippen LogP) is 3.97. The van der Waals surface area contributed by atoms with Gasteiger partial charge in [0.15, 0.2) is 0 Å². The van der Waals surface area contributed by atoms with Crippen molar-refractivity contribution < 1.29 is 0 Å². The molecule has 1 saturated carbocycles. The van der Waals surface area contributed by atoms with E-state index >= 15 is 0 Å². The summed E-state index contributed by atoms with van der Waals surface area (Å²) in [7, 11) is 0. The average molecular weight is 287 g/mol. The maximum absolute atomic E-state index is 4.62. The smallest absolute Gasteiger partial charge is 0.131 e. The van der Waals surface area contributed by atoms with Crippen molar-refractivity contribution >= 4 is 0 Å². The van der Waals surface area contributed by atoms with E-state index in [4.69, 9.17) is 0 Å². The van der Waals surface area contributed by atoms with E-state index in [0.29, 0.717) is 17.3 Å². The molecular formula is C18H29N3. The van der Waals surface area contributed by atoms with Gasteiger partial charge < -0.3 is 4.90 Å². The first kappa shape index (κ1) is 15.0. The molecule has 0 radical (unpaired) electrons. The lowest BCUT2D eigenvalue weighted by Crippen LogP contribution is -2.46. The van der Waals surface area contributed by atoms with Gasteiger partial charge in [0.1, 0.15) is 5.82 Å². The van der Waals surface area contributed by atoms with Gasteiger partial charge in [-0.05, 0) is 68.6 Å². The first-order valence-corrected chi connectivity index (χ1v) is 8.66. The summed E-state index contributed by atoms with van der Waals surface area (Å²) in [4.78, 5) is 11.9. The van der Waals surface area contributed by atoms with Gasteiger partial charge in [-0.2, -0.15) is 0 Å². The lowest BCUT2D eigenvalue weighted by molar-refractivity contribution is 0.0132. The molecule has 3 heteroatoms. The molecule has 1 aliphatic heterocycles. The summed E-state index contributed by atoms with van der Waals surface area (Å²) >= 11 is 0. The molecule has 0 atom stereocenters. The highest BCUT2D eigenvalue weighted by molar-refractivity contribution is 5.15. The summed E-state index contributed by atoms with van der Waals surface area (Å²) in [6.07, 6.45) is 10.7. The van der Waals surface area contributed by atoms with Gasteiger partial charge in [-0.1, -0.05) is 20.8 Å². The number of rotatable bonds is 4. The Morgan fingerprint density at radius 1 is 1.19 bits per heavy atom. The number of hydrogen-bond acceptors (Lipinski definition) is 3. The van der Waals surface area contributed by atoms with Gasteiger partial charge in [-0.3, -0.25) is 0 Å². The van der Waals surface area contributed by atoms with Crippen molar-refractivity contribution in [1.29, 1.82) is 0 Å². The fraction of sp³-hybridized carbons (Fsp3) is 0.778. The molecule has 0 N–H and O–H groups in total. The highest BCUT2D eigenvalue weighted by Gasteiger charge is 2.47. The summed E-state index contributed by atoms with van der Waals surface area (Å²) in [6.45, 7) is 10.5. The van der Waals surface area contributed by atoms with E-state index in [1.807, 2.05) is 12.4 Å². The Morgan fingerprint density at radius 2 is 1.81 bits per heavy atom. The topological polar surface area (TPSA) is 29.0 Å². The Kier molecular flexibility index (Phi) is 4.30. The van der Waals surface area contributed by atoms with Crippen LogP contribution in [-0.4, -0.2) is 34.5 Å². The number of aromatic nitrogens is 2. The number of hydrogen-bond donors (Lipinski definition) is 0. The maximum Gasteiger partial charge on any atom is 0.131 e. The second-order valence-electron chi connectivity index (χ2n) is 7.48. The van der Waals surface area contributed by atoms with E-state index < -0.39 is 0 Å². The maximum atomic E-state index is 4.62. The first-order chi connectivity index (χ1) is 10.1. The summed E-state index contributed by atoms with van der Waals surface area (Å²) < 4.78 is 0. The highest BCUT2D eigenvalue weighted by Crippen LogP contribution is 2.55. The quantitative estimate of drug-likeness (QED) is 0.839. The predicted molar refractivity (Wildman–Crippen MR) is 86.5 cm³/mol. The minimum absolute atomic E-state index is 0.523. The molecule has 1 saturated heterocycles. The van der Waals surface area contributed by atoms with Crippen LogP contribution in [0.15, 0.2) is 12.4 Å². The normalized spacial score (nSPS) is 22.7. The Bertz CT molecular complexity index is 450. The van der Waals surface area contributed by atoms with Gasteiger partial charge in [-0.25, -0.2) is 9.97 Å². The zero-order valence-electron chi connectivity index (χ0n) is 13.8.